The molecule has 0 N–H and O–H groups in total. The van der Waals surface area contributed by atoms with Crippen molar-refractivity contribution in [3.63, 3.8) is 0 Å². The summed E-state index contributed by atoms with van der Waals surface area (Å²) in [5, 5.41) is -0.522. The van der Waals surface area contributed by atoms with Gasteiger partial charge >= 0.3 is 12.1 Å². The smallest absolute Gasteiger partial charge is 0.418 e. The molecule has 2 fully saturated rings. The van der Waals surface area contributed by atoms with Crippen LogP contribution in [0, 0.1) is 11.2 Å². The number of esters is 1. The minimum absolute atomic E-state index is 0.0541. The van der Waals surface area contributed by atoms with Gasteiger partial charge in [0.05, 0.1) is 22.3 Å². The molecule has 0 bridgehead atoms. The van der Waals surface area contributed by atoms with Crippen molar-refractivity contribution in [1.29, 1.82) is 0 Å². The first kappa shape index (κ1) is 29.1. The number of aromatic nitrogens is 1. The van der Waals surface area contributed by atoms with Gasteiger partial charge in [-0.25, -0.2) is 14.2 Å². The Morgan fingerprint density at radius 1 is 1.08 bits per heavy atom. The van der Waals surface area contributed by atoms with Gasteiger partial charge in [-0.05, 0) is 57.2 Å². The van der Waals surface area contributed by atoms with E-state index in [4.69, 9.17) is 21.1 Å². The molecule has 212 valence electrons. The van der Waals surface area contributed by atoms with Crippen LogP contribution in [-0.4, -0.2) is 46.6 Å². The fourth-order valence-electron chi connectivity index (χ4n) is 4.74. The lowest BCUT2D eigenvalue weighted by molar-refractivity contribution is -0.137. The summed E-state index contributed by atoms with van der Waals surface area (Å²) in [7, 11) is 0. The van der Waals surface area contributed by atoms with Crippen molar-refractivity contribution in [2.75, 3.05) is 13.1 Å². The number of rotatable bonds is 5. The fraction of sp³-hybridized carbons (Fsp3) is 0.536. The number of nitrogens with zero attached hydrogens (tertiary/aromatic N) is 2. The molecule has 0 radical (unpaired) electrons. The summed E-state index contributed by atoms with van der Waals surface area (Å²) < 4.78 is 66.0. The maximum Gasteiger partial charge on any atom is 0.418 e. The highest BCUT2D eigenvalue weighted by Crippen LogP contribution is 2.44. The van der Waals surface area contributed by atoms with E-state index in [0.29, 0.717) is 12.0 Å². The molecule has 2 aromatic rings. The minimum Gasteiger partial charge on any atom is -0.474 e. The number of piperidine rings is 1. The van der Waals surface area contributed by atoms with E-state index >= 15 is 4.39 Å². The summed E-state index contributed by atoms with van der Waals surface area (Å²) >= 11 is 5.66. The third kappa shape index (κ3) is 6.65. The first-order valence-corrected chi connectivity index (χ1v) is 13.1. The average Bonchev–Trinajstić information content (AvgIpc) is 3.64. The van der Waals surface area contributed by atoms with Crippen LogP contribution in [0.15, 0.2) is 24.4 Å². The van der Waals surface area contributed by atoms with E-state index in [0.717, 1.165) is 31.2 Å². The number of benzene rings is 1. The SMILES string of the molecule is CC(C)(C)OC(=O)c1cc(C2CC2)c(C(=O)N2CCC(Oc3cc(C(F)(F)F)c(Cl)cn3)C(C)(C)C2)cc1F. The molecule has 1 aromatic heterocycles. The number of ether oxygens (including phenoxy) is 2. The summed E-state index contributed by atoms with van der Waals surface area (Å²) in [6.45, 7) is 9.21. The molecule has 39 heavy (non-hydrogen) atoms. The van der Waals surface area contributed by atoms with Gasteiger partial charge in [0.2, 0.25) is 5.88 Å². The number of hydrogen-bond acceptors (Lipinski definition) is 5. The first-order valence-electron chi connectivity index (χ1n) is 12.7. The van der Waals surface area contributed by atoms with Gasteiger partial charge < -0.3 is 14.4 Å². The zero-order valence-corrected chi connectivity index (χ0v) is 23.2. The van der Waals surface area contributed by atoms with Crippen molar-refractivity contribution in [3.05, 3.63) is 57.5 Å². The van der Waals surface area contributed by atoms with E-state index in [1.165, 1.54) is 6.07 Å². The largest absolute Gasteiger partial charge is 0.474 e. The number of carbonyl (C=O) groups is 2. The summed E-state index contributed by atoms with van der Waals surface area (Å²) in [5.41, 5.74) is -1.89. The normalized spacial score (nSPS) is 19.5. The monoisotopic (exact) mass is 570 g/mol. The van der Waals surface area contributed by atoms with E-state index in [1.807, 2.05) is 13.8 Å². The van der Waals surface area contributed by atoms with Crippen LogP contribution in [0.1, 0.15) is 91.6 Å². The molecule has 6 nitrogen and oxygen atoms in total. The number of amides is 1. The number of carbonyl (C=O) groups excluding carboxylic acids is 2. The van der Waals surface area contributed by atoms with Crippen LogP contribution in [0.4, 0.5) is 17.6 Å². The van der Waals surface area contributed by atoms with Gasteiger partial charge in [0.1, 0.15) is 17.5 Å². The van der Waals surface area contributed by atoms with Crippen molar-refractivity contribution in [3.8, 4) is 5.88 Å². The summed E-state index contributed by atoms with van der Waals surface area (Å²) in [6, 6.07) is 3.31. The van der Waals surface area contributed by atoms with Crippen LogP contribution in [0.5, 0.6) is 5.88 Å². The predicted octanol–water partition coefficient (Wildman–Crippen LogP) is 7.05. The van der Waals surface area contributed by atoms with Gasteiger partial charge in [0.15, 0.2) is 0 Å². The zero-order chi connectivity index (χ0) is 28.9. The van der Waals surface area contributed by atoms with E-state index in [9.17, 15) is 22.8 Å². The Bertz CT molecular complexity index is 1290. The molecule has 1 unspecified atom stereocenters. The molecule has 2 aliphatic rings. The van der Waals surface area contributed by atoms with Crippen molar-refractivity contribution in [2.24, 2.45) is 5.41 Å². The first-order chi connectivity index (χ1) is 18.0. The van der Waals surface area contributed by atoms with Gasteiger partial charge in [-0.2, -0.15) is 13.2 Å². The number of alkyl halides is 3. The summed E-state index contributed by atoms with van der Waals surface area (Å²) in [4.78, 5) is 31.7. The molecule has 4 rings (SSSR count). The van der Waals surface area contributed by atoms with Gasteiger partial charge in [-0.1, -0.05) is 25.4 Å². The van der Waals surface area contributed by atoms with E-state index in [2.05, 4.69) is 4.98 Å². The summed E-state index contributed by atoms with van der Waals surface area (Å²) in [5.74, 6) is -2.14. The lowest BCUT2D eigenvalue weighted by Gasteiger charge is -2.43. The number of likely N-dealkylation sites (tertiary alicyclic amines) is 1. The van der Waals surface area contributed by atoms with E-state index in [1.54, 1.807) is 25.7 Å². The molecule has 1 atom stereocenters. The molecular formula is C28H31ClF4N2O4. The molecule has 11 heteroatoms. The molecule has 1 saturated carbocycles. The molecule has 2 heterocycles. The predicted molar refractivity (Wildman–Crippen MR) is 137 cm³/mol. The number of halogens is 5. The number of hydrogen-bond donors (Lipinski definition) is 0. The number of pyridine rings is 1. The van der Waals surface area contributed by atoms with E-state index < -0.39 is 45.7 Å². The second kappa shape index (κ2) is 10.3. The van der Waals surface area contributed by atoms with Crippen molar-refractivity contribution >= 4 is 23.5 Å². The molecule has 1 saturated heterocycles. The van der Waals surface area contributed by atoms with Gasteiger partial charge in [-0.3, -0.25) is 4.79 Å². The Balaban J connectivity index is 1.53. The molecule has 1 aromatic carbocycles. The molecule has 1 amide bonds. The highest BCUT2D eigenvalue weighted by Gasteiger charge is 2.42. The second-order valence-corrected chi connectivity index (χ2v) is 12.2. The maximum absolute atomic E-state index is 15.1. The summed E-state index contributed by atoms with van der Waals surface area (Å²) in [6.07, 6.45) is -2.31. The molecular weight excluding hydrogens is 540 g/mol. The highest BCUT2D eigenvalue weighted by molar-refractivity contribution is 6.31. The van der Waals surface area contributed by atoms with Crippen LogP contribution in [0.2, 0.25) is 5.02 Å². The third-order valence-electron chi connectivity index (χ3n) is 6.82. The van der Waals surface area contributed by atoms with Crippen molar-refractivity contribution in [1.82, 2.24) is 9.88 Å². The van der Waals surface area contributed by atoms with Crippen molar-refractivity contribution < 1.29 is 36.6 Å². The van der Waals surface area contributed by atoms with Gasteiger partial charge in [0, 0.05) is 36.6 Å². The molecule has 1 aliphatic heterocycles. The molecule has 0 spiro atoms. The minimum atomic E-state index is -4.66. The Morgan fingerprint density at radius 2 is 1.74 bits per heavy atom. The van der Waals surface area contributed by atoms with Crippen molar-refractivity contribution in [2.45, 2.75) is 77.7 Å². The Morgan fingerprint density at radius 3 is 2.31 bits per heavy atom. The third-order valence-corrected chi connectivity index (χ3v) is 7.12. The standard InChI is InChI=1S/C28H31ClF4N2O4/c1-26(2,3)39-25(37)18-10-16(15-6-7-15)17(11-21(18)30)24(36)35-9-8-22(27(4,5)14-35)38-23-12-19(28(31,32)33)20(29)13-34-23/h10-13,15,22H,6-9,14H2,1-5H3. The lowest BCUT2D eigenvalue weighted by Crippen LogP contribution is -2.52. The Kier molecular flexibility index (Phi) is 7.66. The maximum atomic E-state index is 15.1. The Hall–Kier alpha value is -2.88. The second-order valence-electron chi connectivity index (χ2n) is 11.8. The van der Waals surface area contributed by atoms with Crippen LogP contribution >= 0.6 is 11.6 Å². The van der Waals surface area contributed by atoms with Crippen LogP contribution in [0.25, 0.3) is 0 Å². The quantitative estimate of drug-likeness (QED) is 0.285. The zero-order valence-electron chi connectivity index (χ0n) is 22.4. The topological polar surface area (TPSA) is 68.7 Å². The van der Waals surface area contributed by atoms with E-state index in [-0.39, 0.29) is 41.9 Å². The van der Waals surface area contributed by atoms with Crippen LogP contribution in [-0.2, 0) is 10.9 Å². The average molecular weight is 571 g/mol. The van der Waals surface area contributed by atoms with Crippen LogP contribution in [0.3, 0.4) is 0 Å². The van der Waals surface area contributed by atoms with Gasteiger partial charge in [-0.15, -0.1) is 0 Å². The van der Waals surface area contributed by atoms with Crippen LogP contribution < -0.4 is 4.74 Å². The lowest BCUT2D eigenvalue weighted by atomic mass is 9.80. The Labute approximate surface area is 229 Å². The molecule has 1 aliphatic carbocycles. The fourth-order valence-corrected chi connectivity index (χ4v) is 4.95. The van der Waals surface area contributed by atoms with Gasteiger partial charge in [0.25, 0.3) is 5.91 Å². The highest BCUT2D eigenvalue weighted by atomic mass is 35.5.